The molecule has 2 N–H and O–H groups in total. The number of tetrazole rings is 2. The van der Waals surface area contributed by atoms with Gasteiger partial charge in [-0.2, -0.15) is 10.4 Å². The minimum absolute atomic E-state index is 0.562. The molecule has 0 saturated heterocycles. The molecule has 0 aliphatic carbocycles. The highest BCUT2D eigenvalue weighted by molar-refractivity contribution is 5.82. The molecule has 2 heterocycles. The number of aromatic amines is 2. The molecule has 0 spiro atoms. The van der Waals surface area contributed by atoms with E-state index < -0.39 is 11.9 Å². The Morgan fingerprint density at radius 3 is 1.41 bits per heavy atom. The third kappa shape index (κ3) is 13.3. The summed E-state index contributed by atoms with van der Waals surface area (Å²) in [5.41, 5.74) is 0. The molecule has 0 aliphatic heterocycles. The van der Waals surface area contributed by atoms with E-state index in [0.29, 0.717) is 0 Å². The van der Waals surface area contributed by atoms with Crippen molar-refractivity contribution in [3.63, 3.8) is 0 Å². The van der Waals surface area contributed by atoms with Gasteiger partial charge in [-0.05, 0) is 0 Å². The average molecular weight is 242 g/mol. The number of rotatable bonds is 0. The highest BCUT2D eigenvalue weighted by Gasteiger charge is 1.93. The van der Waals surface area contributed by atoms with Gasteiger partial charge >= 0.3 is 11.9 Å². The third-order valence-electron chi connectivity index (χ3n) is 0.827. The maximum Gasteiger partial charge on any atom is 0.310 e. The molecule has 0 amide bonds. The lowest BCUT2D eigenvalue weighted by molar-refractivity contribution is -0.156. The topological polar surface area (TPSA) is 152 Å². The summed E-state index contributed by atoms with van der Waals surface area (Å²) in [6.07, 6.45) is 2.67. The quantitative estimate of drug-likeness (QED) is 0.414. The SMILES string of the molecule is CC(=O)OC(C)=O.c1nn[nH]n1.c1nn[nH]n1. The summed E-state index contributed by atoms with van der Waals surface area (Å²) in [7, 11) is 0. The number of esters is 2. The first kappa shape index (κ1) is 14.3. The Bertz CT molecular complexity index is 313. The van der Waals surface area contributed by atoms with Crippen molar-refractivity contribution in [2.45, 2.75) is 13.8 Å². The van der Waals surface area contributed by atoms with Gasteiger partial charge in [-0.15, -0.1) is 20.4 Å². The Balaban J connectivity index is 0.000000229. The lowest BCUT2D eigenvalue weighted by atomic mass is 10.7. The van der Waals surface area contributed by atoms with E-state index in [2.05, 4.69) is 46.0 Å². The highest BCUT2D eigenvalue weighted by atomic mass is 16.6. The minimum Gasteiger partial charge on any atom is -0.394 e. The third-order valence-corrected chi connectivity index (χ3v) is 0.827. The van der Waals surface area contributed by atoms with Gasteiger partial charge in [-0.25, -0.2) is 0 Å². The smallest absolute Gasteiger partial charge is 0.310 e. The van der Waals surface area contributed by atoms with Crippen LogP contribution in [0.5, 0.6) is 0 Å². The molecule has 11 heteroatoms. The molecule has 2 rings (SSSR count). The molecular weight excluding hydrogens is 232 g/mol. The number of carbonyl (C=O) groups is 2. The Labute approximate surface area is 94.9 Å². The molecule has 2 aromatic rings. The normalized spacial score (nSPS) is 7.88. The predicted octanol–water partition coefficient (Wildman–Crippen LogP) is -1.50. The fourth-order valence-electron chi connectivity index (χ4n) is 0.461. The van der Waals surface area contributed by atoms with Crippen molar-refractivity contribution in [1.82, 2.24) is 41.2 Å². The first-order valence-electron chi connectivity index (χ1n) is 4.14. The van der Waals surface area contributed by atoms with Gasteiger partial charge in [0.1, 0.15) is 0 Å². The molecule has 0 atom stereocenters. The summed E-state index contributed by atoms with van der Waals surface area (Å²) >= 11 is 0. The molecule has 0 saturated carbocycles. The van der Waals surface area contributed by atoms with Crippen LogP contribution in [-0.2, 0) is 14.3 Å². The molecule has 11 nitrogen and oxygen atoms in total. The van der Waals surface area contributed by atoms with Gasteiger partial charge in [0.15, 0.2) is 12.7 Å². The van der Waals surface area contributed by atoms with Crippen molar-refractivity contribution in [2.24, 2.45) is 0 Å². The number of ether oxygens (including phenoxy) is 1. The zero-order chi connectivity index (χ0) is 12.9. The first-order chi connectivity index (χ1) is 8.13. The summed E-state index contributed by atoms with van der Waals surface area (Å²) in [6.45, 7) is 2.36. The fraction of sp³-hybridized carbons (Fsp3) is 0.333. The largest absolute Gasteiger partial charge is 0.394 e. The second-order valence-electron chi connectivity index (χ2n) is 2.21. The molecule has 0 radical (unpaired) electrons. The molecule has 2 aromatic heterocycles. The van der Waals surface area contributed by atoms with Crippen molar-refractivity contribution >= 4 is 11.9 Å². The standard InChI is InChI=1S/C4H6O3.2CH2N4/c1-3(5)7-4(2)6;2*1-2-4-5-3-1/h1-2H3;2*1H,(H,2,3,4,5). The monoisotopic (exact) mass is 242 g/mol. The van der Waals surface area contributed by atoms with Crippen LogP contribution in [0.4, 0.5) is 0 Å². The lowest BCUT2D eigenvalue weighted by Crippen LogP contribution is -2.03. The molecule has 0 aliphatic rings. The zero-order valence-corrected chi connectivity index (χ0v) is 9.06. The summed E-state index contributed by atoms with van der Waals surface area (Å²) in [6, 6.07) is 0. The Kier molecular flexibility index (Phi) is 8.25. The van der Waals surface area contributed by atoms with Crippen LogP contribution in [0.25, 0.3) is 0 Å². The van der Waals surface area contributed by atoms with Crippen LogP contribution < -0.4 is 0 Å². The molecule has 17 heavy (non-hydrogen) atoms. The second-order valence-corrected chi connectivity index (χ2v) is 2.21. The maximum absolute atomic E-state index is 9.81. The lowest BCUT2D eigenvalue weighted by Gasteiger charge is -1.87. The van der Waals surface area contributed by atoms with Gasteiger partial charge in [-0.3, -0.25) is 9.59 Å². The van der Waals surface area contributed by atoms with E-state index in [1.165, 1.54) is 26.5 Å². The fourth-order valence-corrected chi connectivity index (χ4v) is 0.461. The number of aromatic nitrogens is 8. The number of hydrogen-bond donors (Lipinski definition) is 2. The average Bonchev–Trinajstić information content (AvgIpc) is 2.96. The summed E-state index contributed by atoms with van der Waals surface area (Å²) in [4.78, 5) is 19.6. The van der Waals surface area contributed by atoms with Gasteiger partial charge in [-0.1, -0.05) is 10.4 Å². The Morgan fingerprint density at radius 2 is 1.35 bits per heavy atom. The first-order valence-corrected chi connectivity index (χ1v) is 4.14. The van der Waals surface area contributed by atoms with Crippen LogP contribution in [0.15, 0.2) is 12.7 Å². The van der Waals surface area contributed by atoms with E-state index >= 15 is 0 Å². The van der Waals surface area contributed by atoms with Crippen LogP contribution in [0.1, 0.15) is 13.8 Å². The van der Waals surface area contributed by atoms with E-state index in [4.69, 9.17) is 0 Å². The maximum atomic E-state index is 9.81. The van der Waals surface area contributed by atoms with Crippen molar-refractivity contribution in [3.05, 3.63) is 12.7 Å². The predicted molar refractivity (Wildman–Crippen MR) is 50.8 cm³/mol. The van der Waals surface area contributed by atoms with Crippen LogP contribution in [0.2, 0.25) is 0 Å². The Morgan fingerprint density at radius 1 is 0.941 bits per heavy atom. The van der Waals surface area contributed by atoms with Crippen molar-refractivity contribution in [2.75, 3.05) is 0 Å². The van der Waals surface area contributed by atoms with Crippen molar-refractivity contribution < 1.29 is 14.3 Å². The van der Waals surface area contributed by atoms with Gasteiger partial charge in [0.05, 0.1) is 0 Å². The molecule has 0 bridgehead atoms. The van der Waals surface area contributed by atoms with Gasteiger partial charge < -0.3 is 4.74 Å². The summed E-state index contributed by atoms with van der Waals surface area (Å²) in [5, 5.41) is 24.3. The van der Waals surface area contributed by atoms with Crippen LogP contribution in [-0.4, -0.2) is 53.2 Å². The number of H-pyrrole nitrogens is 2. The summed E-state index contributed by atoms with van der Waals surface area (Å²) in [5.74, 6) is -1.12. The Hall–Kier alpha value is -2.72. The van der Waals surface area contributed by atoms with Crippen LogP contribution in [0, 0.1) is 0 Å². The van der Waals surface area contributed by atoms with E-state index in [9.17, 15) is 9.59 Å². The van der Waals surface area contributed by atoms with E-state index in [1.54, 1.807) is 0 Å². The number of nitrogens with zero attached hydrogens (tertiary/aromatic N) is 6. The van der Waals surface area contributed by atoms with Gasteiger partial charge in [0, 0.05) is 13.8 Å². The highest BCUT2D eigenvalue weighted by Crippen LogP contribution is 1.73. The number of nitrogens with one attached hydrogen (secondary N) is 2. The minimum atomic E-state index is -0.562. The van der Waals surface area contributed by atoms with Crippen LogP contribution >= 0.6 is 0 Å². The molecule has 0 unspecified atom stereocenters. The zero-order valence-electron chi connectivity index (χ0n) is 9.06. The van der Waals surface area contributed by atoms with E-state index in [1.807, 2.05) is 0 Å². The molecular formula is C6H10N8O3. The number of carbonyl (C=O) groups excluding carboxylic acids is 2. The second kappa shape index (κ2) is 9.82. The van der Waals surface area contributed by atoms with Gasteiger partial charge in [0.2, 0.25) is 0 Å². The molecule has 0 fully saturated rings. The molecule has 92 valence electrons. The van der Waals surface area contributed by atoms with Crippen molar-refractivity contribution in [1.29, 1.82) is 0 Å². The number of hydrogen-bond acceptors (Lipinski definition) is 9. The summed E-state index contributed by atoms with van der Waals surface area (Å²) < 4.78 is 3.97. The van der Waals surface area contributed by atoms with Crippen LogP contribution in [0.3, 0.4) is 0 Å². The molecule has 0 aromatic carbocycles. The van der Waals surface area contributed by atoms with E-state index in [0.717, 1.165) is 0 Å². The van der Waals surface area contributed by atoms with E-state index in [-0.39, 0.29) is 0 Å². The van der Waals surface area contributed by atoms with Crippen molar-refractivity contribution in [3.8, 4) is 0 Å². The van der Waals surface area contributed by atoms with Gasteiger partial charge in [0.25, 0.3) is 0 Å².